The summed E-state index contributed by atoms with van der Waals surface area (Å²) in [6.45, 7) is 8.91. The summed E-state index contributed by atoms with van der Waals surface area (Å²) in [5, 5.41) is 0. The summed E-state index contributed by atoms with van der Waals surface area (Å²) < 4.78 is 6.50. The summed E-state index contributed by atoms with van der Waals surface area (Å²) >= 11 is 3.45. The normalized spacial score (nSPS) is 15.1. The van der Waals surface area contributed by atoms with Gasteiger partial charge in [-0.1, -0.05) is 28.1 Å². The van der Waals surface area contributed by atoms with E-state index in [0.717, 1.165) is 54.1 Å². The van der Waals surface area contributed by atoms with E-state index in [1.807, 2.05) is 49.1 Å². The first-order valence-corrected chi connectivity index (χ1v) is 9.85. The fourth-order valence-corrected chi connectivity index (χ4v) is 3.74. The lowest BCUT2D eigenvalue weighted by Gasteiger charge is -2.35. The zero-order chi connectivity index (χ0) is 18.5. The minimum Gasteiger partial charge on any atom is -0.494 e. The third-order valence-corrected chi connectivity index (χ3v) is 5.21. The molecule has 0 bridgehead atoms. The van der Waals surface area contributed by atoms with Crippen molar-refractivity contribution in [2.75, 3.05) is 32.8 Å². The standard InChI is InChI=1S/C21H25BrN2O2/c1-3-26-19-7-4-17(5-8-19)15-23-10-12-24(13-11-23)21(25)20-9-6-18(22)14-16(20)2/h4-9,14H,3,10-13,15H2,1-2H3. The average molecular weight is 417 g/mol. The van der Waals surface area contributed by atoms with Crippen LogP contribution in [0.2, 0.25) is 0 Å². The summed E-state index contributed by atoms with van der Waals surface area (Å²) in [6.07, 6.45) is 0. The molecule has 5 heteroatoms. The van der Waals surface area contributed by atoms with Crippen LogP contribution in [0.4, 0.5) is 0 Å². The van der Waals surface area contributed by atoms with Crippen LogP contribution < -0.4 is 4.74 Å². The molecule has 0 saturated carbocycles. The smallest absolute Gasteiger partial charge is 0.254 e. The average Bonchev–Trinajstić information content (AvgIpc) is 2.64. The number of nitrogens with zero attached hydrogens (tertiary/aromatic N) is 2. The van der Waals surface area contributed by atoms with Gasteiger partial charge in [-0.2, -0.15) is 0 Å². The lowest BCUT2D eigenvalue weighted by molar-refractivity contribution is 0.0627. The molecule has 1 aliphatic rings. The highest BCUT2D eigenvalue weighted by molar-refractivity contribution is 9.10. The maximum absolute atomic E-state index is 12.8. The van der Waals surface area contributed by atoms with Crippen LogP contribution in [-0.2, 0) is 6.54 Å². The predicted molar refractivity (Wildman–Crippen MR) is 108 cm³/mol. The number of hydrogen-bond acceptors (Lipinski definition) is 3. The fourth-order valence-electron chi connectivity index (χ4n) is 3.26. The molecule has 0 spiro atoms. The van der Waals surface area contributed by atoms with Crippen LogP contribution >= 0.6 is 15.9 Å². The Hall–Kier alpha value is -1.85. The number of benzene rings is 2. The Labute approximate surface area is 163 Å². The number of amides is 1. The Morgan fingerprint density at radius 1 is 1.08 bits per heavy atom. The molecule has 2 aromatic carbocycles. The number of carbonyl (C=O) groups excluding carboxylic acids is 1. The molecule has 1 saturated heterocycles. The van der Waals surface area contributed by atoms with Crippen LogP contribution in [0.3, 0.4) is 0 Å². The van der Waals surface area contributed by atoms with Crippen LogP contribution in [0.5, 0.6) is 5.75 Å². The van der Waals surface area contributed by atoms with Gasteiger partial charge in [0.15, 0.2) is 0 Å². The number of ether oxygens (including phenoxy) is 1. The highest BCUT2D eigenvalue weighted by Crippen LogP contribution is 2.19. The van der Waals surface area contributed by atoms with Gasteiger partial charge in [0.2, 0.25) is 0 Å². The van der Waals surface area contributed by atoms with E-state index >= 15 is 0 Å². The van der Waals surface area contributed by atoms with Crippen LogP contribution in [0.25, 0.3) is 0 Å². The molecule has 2 aromatic rings. The summed E-state index contributed by atoms with van der Waals surface area (Å²) in [7, 11) is 0. The molecule has 0 unspecified atom stereocenters. The van der Waals surface area contributed by atoms with Gasteiger partial charge in [-0.25, -0.2) is 0 Å². The highest BCUT2D eigenvalue weighted by Gasteiger charge is 2.23. The van der Waals surface area contributed by atoms with Crippen molar-refractivity contribution in [3.05, 3.63) is 63.6 Å². The van der Waals surface area contributed by atoms with E-state index in [1.54, 1.807) is 0 Å². The van der Waals surface area contributed by atoms with Gasteiger partial charge in [0.25, 0.3) is 5.91 Å². The lowest BCUT2D eigenvalue weighted by Crippen LogP contribution is -2.48. The number of carbonyl (C=O) groups is 1. The first kappa shape index (κ1) is 18.9. The predicted octanol–water partition coefficient (Wildman–Crippen LogP) is 4.11. The van der Waals surface area contributed by atoms with Gasteiger partial charge >= 0.3 is 0 Å². The lowest BCUT2D eigenvalue weighted by atomic mass is 10.1. The molecule has 1 heterocycles. The third kappa shape index (κ3) is 4.65. The first-order valence-electron chi connectivity index (χ1n) is 9.06. The molecule has 0 N–H and O–H groups in total. The van der Waals surface area contributed by atoms with Gasteiger partial charge in [0, 0.05) is 42.8 Å². The van der Waals surface area contributed by atoms with Gasteiger partial charge in [0.1, 0.15) is 5.75 Å². The minimum absolute atomic E-state index is 0.135. The number of rotatable bonds is 5. The second-order valence-electron chi connectivity index (χ2n) is 6.60. The van der Waals surface area contributed by atoms with Crippen molar-refractivity contribution in [1.82, 2.24) is 9.80 Å². The summed E-state index contributed by atoms with van der Waals surface area (Å²) in [5.74, 6) is 1.05. The van der Waals surface area contributed by atoms with Crippen molar-refractivity contribution in [3.8, 4) is 5.75 Å². The van der Waals surface area contributed by atoms with E-state index in [-0.39, 0.29) is 5.91 Å². The van der Waals surface area contributed by atoms with Crippen molar-refractivity contribution in [2.24, 2.45) is 0 Å². The molecule has 0 atom stereocenters. The van der Waals surface area contributed by atoms with Gasteiger partial charge < -0.3 is 9.64 Å². The van der Waals surface area contributed by atoms with Crippen LogP contribution in [-0.4, -0.2) is 48.5 Å². The topological polar surface area (TPSA) is 32.8 Å². The molecular weight excluding hydrogens is 392 g/mol. The largest absolute Gasteiger partial charge is 0.494 e. The molecule has 26 heavy (non-hydrogen) atoms. The number of hydrogen-bond donors (Lipinski definition) is 0. The van der Waals surface area contributed by atoms with E-state index in [4.69, 9.17) is 4.74 Å². The molecule has 138 valence electrons. The fraction of sp³-hybridized carbons (Fsp3) is 0.381. The van der Waals surface area contributed by atoms with Crippen LogP contribution in [0.1, 0.15) is 28.4 Å². The van der Waals surface area contributed by atoms with Crippen molar-refractivity contribution >= 4 is 21.8 Å². The number of piperazine rings is 1. The Morgan fingerprint density at radius 2 is 1.77 bits per heavy atom. The van der Waals surface area contributed by atoms with Crippen LogP contribution in [0, 0.1) is 6.92 Å². The molecular formula is C21H25BrN2O2. The second-order valence-corrected chi connectivity index (χ2v) is 7.52. The molecule has 0 radical (unpaired) electrons. The van der Waals surface area contributed by atoms with E-state index in [9.17, 15) is 4.79 Å². The zero-order valence-electron chi connectivity index (χ0n) is 15.4. The number of aryl methyl sites for hydroxylation is 1. The summed E-state index contributed by atoms with van der Waals surface area (Å²) in [4.78, 5) is 17.1. The van der Waals surface area contributed by atoms with Crippen molar-refractivity contribution in [1.29, 1.82) is 0 Å². The highest BCUT2D eigenvalue weighted by atomic mass is 79.9. The molecule has 0 aromatic heterocycles. The SMILES string of the molecule is CCOc1ccc(CN2CCN(C(=O)c3ccc(Br)cc3C)CC2)cc1. The Balaban J connectivity index is 1.54. The minimum atomic E-state index is 0.135. The summed E-state index contributed by atoms with van der Waals surface area (Å²) in [5.41, 5.74) is 3.09. The second kappa shape index (κ2) is 8.69. The van der Waals surface area contributed by atoms with E-state index in [1.165, 1.54) is 5.56 Å². The Kier molecular flexibility index (Phi) is 6.33. The third-order valence-electron chi connectivity index (χ3n) is 4.72. The Bertz CT molecular complexity index is 753. The first-order chi connectivity index (χ1) is 12.6. The molecule has 0 aliphatic carbocycles. The van der Waals surface area contributed by atoms with Crippen molar-refractivity contribution in [3.63, 3.8) is 0 Å². The number of halogens is 1. The maximum Gasteiger partial charge on any atom is 0.254 e. The van der Waals surface area contributed by atoms with Crippen molar-refractivity contribution in [2.45, 2.75) is 20.4 Å². The van der Waals surface area contributed by atoms with Gasteiger partial charge in [-0.05, 0) is 55.3 Å². The Morgan fingerprint density at radius 3 is 2.38 bits per heavy atom. The van der Waals surface area contributed by atoms with Gasteiger partial charge in [-0.15, -0.1) is 0 Å². The molecule has 4 nitrogen and oxygen atoms in total. The molecule has 3 rings (SSSR count). The van der Waals surface area contributed by atoms with Crippen LogP contribution in [0.15, 0.2) is 46.9 Å². The summed E-state index contributed by atoms with van der Waals surface area (Å²) in [6, 6.07) is 14.1. The van der Waals surface area contributed by atoms with Crippen molar-refractivity contribution < 1.29 is 9.53 Å². The van der Waals surface area contributed by atoms with E-state index in [0.29, 0.717) is 6.61 Å². The van der Waals surface area contributed by atoms with Gasteiger partial charge in [-0.3, -0.25) is 9.69 Å². The quantitative estimate of drug-likeness (QED) is 0.734. The molecule has 1 fully saturated rings. The van der Waals surface area contributed by atoms with Gasteiger partial charge in [0.05, 0.1) is 6.61 Å². The maximum atomic E-state index is 12.8. The van der Waals surface area contributed by atoms with E-state index in [2.05, 4.69) is 33.0 Å². The molecule has 1 amide bonds. The van der Waals surface area contributed by atoms with E-state index < -0.39 is 0 Å². The zero-order valence-corrected chi connectivity index (χ0v) is 17.0. The monoisotopic (exact) mass is 416 g/mol. The molecule has 1 aliphatic heterocycles.